The number of carbonyl (C=O) groups is 1. The maximum absolute atomic E-state index is 12.8. The molecule has 166 valence electrons. The molecular formula is C21H28N6O4. The highest BCUT2D eigenvalue weighted by Gasteiger charge is 2.20. The lowest BCUT2D eigenvalue weighted by Gasteiger charge is -2.15. The first kappa shape index (κ1) is 22.3. The van der Waals surface area contributed by atoms with Crippen molar-refractivity contribution < 1.29 is 14.3 Å². The largest absolute Gasteiger partial charge is 0.477 e. The fourth-order valence-electron chi connectivity index (χ4n) is 3.28. The summed E-state index contributed by atoms with van der Waals surface area (Å²) in [5.74, 6) is 0.276. The average molecular weight is 428 g/mol. The molecule has 0 aliphatic rings. The van der Waals surface area contributed by atoms with Gasteiger partial charge in [0, 0.05) is 7.05 Å². The SMILES string of the molecule is CCCOc1ncc(NC(C)C(=O)OC)cc1-c1nc2c(CCC)nn(C)c2c(=O)[nH]1. The second kappa shape index (κ2) is 9.59. The smallest absolute Gasteiger partial charge is 0.327 e. The fraction of sp³-hybridized carbons (Fsp3) is 0.476. The molecule has 10 heteroatoms. The summed E-state index contributed by atoms with van der Waals surface area (Å²) in [6, 6.07) is 1.17. The van der Waals surface area contributed by atoms with Crippen molar-refractivity contribution in [2.24, 2.45) is 7.05 Å². The number of nitrogens with zero attached hydrogens (tertiary/aromatic N) is 4. The number of aryl methyl sites for hydroxylation is 2. The van der Waals surface area contributed by atoms with Gasteiger partial charge in [0.25, 0.3) is 5.56 Å². The number of fused-ring (bicyclic) bond motifs is 1. The van der Waals surface area contributed by atoms with E-state index in [0.29, 0.717) is 47.0 Å². The molecule has 0 spiro atoms. The number of H-pyrrole nitrogens is 1. The highest BCUT2D eigenvalue weighted by molar-refractivity contribution is 5.81. The topological polar surface area (TPSA) is 124 Å². The fourth-order valence-corrected chi connectivity index (χ4v) is 3.28. The molecule has 3 rings (SSSR count). The van der Waals surface area contributed by atoms with Gasteiger partial charge in [0.05, 0.1) is 36.9 Å². The van der Waals surface area contributed by atoms with Gasteiger partial charge in [0.1, 0.15) is 17.4 Å². The van der Waals surface area contributed by atoms with E-state index in [-0.39, 0.29) is 5.56 Å². The predicted molar refractivity (Wildman–Crippen MR) is 117 cm³/mol. The number of anilines is 1. The molecule has 0 fully saturated rings. The Labute approximate surface area is 180 Å². The average Bonchev–Trinajstić information content (AvgIpc) is 3.08. The van der Waals surface area contributed by atoms with Gasteiger partial charge in [-0.2, -0.15) is 5.10 Å². The van der Waals surface area contributed by atoms with E-state index in [1.54, 1.807) is 30.9 Å². The summed E-state index contributed by atoms with van der Waals surface area (Å²) in [4.78, 5) is 36.5. The molecule has 3 aromatic rings. The number of aromatic amines is 1. The number of esters is 1. The number of nitrogens with one attached hydrogen (secondary N) is 2. The highest BCUT2D eigenvalue weighted by Crippen LogP contribution is 2.29. The lowest BCUT2D eigenvalue weighted by molar-refractivity contribution is -0.141. The number of methoxy groups -OCH3 is 1. The van der Waals surface area contributed by atoms with E-state index in [0.717, 1.165) is 18.5 Å². The number of hydrogen-bond donors (Lipinski definition) is 2. The van der Waals surface area contributed by atoms with Gasteiger partial charge < -0.3 is 19.8 Å². The van der Waals surface area contributed by atoms with Crippen LogP contribution in [-0.4, -0.2) is 50.5 Å². The van der Waals surface area contributed by atoms with Gasteiger partial charge in [-0.3, -0.25) is 9.48 Å². The second-order valence-electron chi connectivity index (χ2n) is 7.25. The van der Waals surface area contributed by atoms with Crippen LogP contribution in [0.25, 0.3) is 22.4 Å². The van der Waals surface area contributed by atoms with Crippen molar-refractivity contribution in [3.8, 4) is 17.3 Å². The van der Waals surface area contributed by atoms with Crippen molar-refractivity contribution in [1.82, 2.24) is 24.7 Å². The molecule has 0 saturated heterocycles. The number of rotatable bonds is 9. The Bertz CT molecular complexity index is 1140. The zero-order valence-electron chi connectivity index (χ0n) is 18.5. The van der Waals surface area contributed by atoms with Crippen LogP contribution in [0.2, 0.25) is 0 Å². The summed E-state index contributed by atoms with van der Waals surface area (Å²) in [6.45, 7) is 6.19. The van der Waals surface area contributed by atoms with Crippen LogP contribution in [0.3, 0.4) is 0 Å². The Morgan fingerprint density at radius 3 is 2.77 bits per heavy atom. The van der Waals surface area contributed by atoms with Crippen molar-refractivity contribution in [3.05, 3.63) is 28.3 Å². The van der Waals surface area contributed by atoms with Gasteiger partial charge in [-0.25, -0.2) is 14.8 Å². The molecule has 1 unspecified atom stereocenters. The van der Waals surface area contributed by atoms with Crippen molar-refractivity contribution in [1.29, 1.82) is 0 Å². The van der Waals surface area contributed by atoms with Crippen LogP contribution >= 0.6 is 0 Å². The minimum Gasteiger partial charge on any atom is -0.477 e. The monoisotopic (exact) mass is 428 g/mol. The first-order valence-corrected chi connectivity index (χ1v) is 10.3. The Morgan fingerprint density at radius 2 is 2.10 bits per heavy atom. The molecule has 0 radical (unpaired) electrons. The number of hydrogen-bond acceptors (Lipinski definition) is 8. The maximum atomic E-state index is 12.8. The third-order valence-electron chi connectivity index (χ3n) is 4.74. The molecule has 0 aliphatic heterocycles. The molecule has 0 aliphatic carbocycles. The Hall–Kier alpha value is -3.43. The van der Waals surface area contributed by atoms with Crippen LogP contribution in [-0.2, 0) is 23.0 Å². The molecule has 0 saturated carbocycles. The van der Waals surface area contributed by atoms with Crippen molar-refractivity contribution in [3.63, 3.8) is 0 Å². The van der Waals surface area contributed by atoms with E-state index in [9.17, 15) is 9.59 Å². The predicted octanol–water partition coefficient (Wildman–Crippen LogP) is 2.43. The minimum atomic E-state index is -0.578. The Morgan fingerprint density at radius 1 is 1.32 bits per heavy atom. The van der Waals surface area contributed by atoms with Crippen LogP contribution < -0.4 is 15.6 Å². The van der Waals surface area contributed by atoms with E-state index in [4.69, 9.17) is 14.5 Å². The summed E-state index contributed by atoms with van der Waals surface area (Å²) in [5.41, 5.74) is 2.54. The number of carbonyl (C=O) groups excluding carboxylic acids is 1. The standard InChI is InChI=1S/C21H28N6O4/c1-6-8-15-16-17(27(4)26-15)19(28)25-18(24-16)14-10-13(23-12(3)21(29)30-5)11-22-20(14)31-9-7-2/h10-12,23H,6-9H2,1-5H3,(H,24,25,28). The quantitative estimate of drug-likeness (QED) is 0.498. The molecule has 3 heterocycles. The molecule has 1 atom stereocenters. The zero-order valence-corrected chi connectivity index (χ0v) is 18.5. The molecule has 31 heavy (non-hydrogen) atoms. The molecule has 2 N–H and O–H groups in total. The second-order valence-corrected chi connectivity index (χ2v) is 7.25. The normalized spacial score (nSPS) is 12.0. The number of ether oxygens (including phenoxy) is 2. The molecule has 0 amide bonds. The summed E-state index contributed by atoms with van der Waals surface area (Å²) in [5, 5.41) is 7.50. The first-order valence-electron chi connectivity index (χ1n) is 10.3. The summed E-state index contributed by atoms with van der Waals surface area (Å²) in [6.07, 6.45) is 3.96. The van der Waals surface area contributed by atoms with Crippen LogP contribution in [0.4, 0.5) is 5.69 Å². The van der Waals surface area contributed by atoms with Gasteiger partial charge in [0.2, 0.25) is 5.88 Å². The van der Waals surface area contributed by atoms with Gasteiger partial charge in [-0.05, 0) is 25.8 Å². The first-order chi connectivity index (χ1) is 14.9. The van der Waals surface area contributed by atoms with E-state index < -0.39 is 12.0 Å². The third-order valence-corrected chi connectivity index (χ3v) is 4.74. The third kappa shape index (κ3) is 4.68. The molecule has 0 bridgehead atoms. The van der Waals surface area contributed by atoms with Crippen LogP contribution in [0.5, 0.6) is 5.88 Å². The number of aromatic nitrogens is 5. The summed E-state index contributed by atoms with van der Waals surface area (Å²) < 4.78 is 12.1. The van der Waals surface area contributed by atoms with Gasteiger partial charge >= 0.3 is 5.97 Å². The van der Waals surface area contributed by atoms with Crippen molar-refractivity contribution in [2.75, 3.05) is 19.0 Å². The van der Waals surface area contributed by atoms with Crippen molar-refractivity contribution in [2.45, 2.75) is 46.1 Å². The molecule has 10 nitrogen and oxygen atoms in total. The molecule has 0 aromatic carbocycles. The van der Waals surface area contributed by atoms with E-state index in [1.165, 1.54) is 7.11 Å². The lowest BCUT2D eigenvalue weighted by Crippen LogP contribution is -2.27. The number of pyridine rings is 1. The summed E-state index contributed by atoms with van der Waals surface area (Å²) in [7, 11) is 3.06. The molecular weight excluding hydrogens is 400 g/mol. The van der Waals surface area contributed by atoms with Crippen LogP contribution in [0, 0.1) is 0 Å². The Kier molecular flexibility index (Phi) is 6.88. The minimum absolute atomic E-state index is 0.292. The highest BCUT2D eigenvalue weighted by atomic mass is 16.5. The molecule has 3 aromatic heterocycles. The Balaban J connectivity index is 2.13. The van der Waals surface area contributed by atoms with Crippen LogP contribution in [0.1, 0.15) is 39.3 Å². The van der Waals surface area contributed by atoms with Gasteiger partial charge in [-0.15, -0.1) is 0 Å². The van der Waals surface area contributed by atoms with Crippen molar-refractivity contribution >= 4 is 22.7 Å². The van der Waals surface area contributed by atoms with E-state index in [1.807, 2.05) is 13.8 Å². The van der Waals surface area contributed by atoms with E-state index >= 15 is 0 Å². The summed E-state index contributed by atoms with van der Waals surface area (Å²) >= 11 is 0. The lowest BCUT2D eigenvalue weighted by atomic mass is 10.2. The van der Waals surface area contributed by atoms with Crippen LogP contribution in [0.15, 0.2) is 17.1 Å². The maximum Gasteiger partial charge on any atom is 0.327 e. The zero-order chi connectivity index (χ0) is 22.5. The van der Waals surface area contributed by atoms with Gasteiger partial charge in [-0.1, -0.05) is 20.3 Å². The van der Waals surface area contributed by atoms with Gasteiger partial charge in [0.15, 0.2) is 5.52 Å². The van der Waals surface area contributed by atoms with E-state index in [2.05, 4.69) is 20.4 Å².